The highest BCUT2D eigenvalue weighted by molar-refractivity contribution is 5.09. The van der Waals surface area contributed by atoms with Gasteiger partial charge in [0.1, 0.15) is 11.5 Å². The molecule has 1 saturated heterocycles. The maximum absolute atomic E-state index is 5.57. The molecule has 2 rings (SSSR count). The van der Waals surface area contributed by atoms with E-state index in [1.54, 1.807) is 0 Å². The van der Waals surface area contributed by atoms with Gasteiger partial charge in [-0.3, -0.25) is 0 Å². The smallest absolute Gasteiger partial charge is 0.120 e. The van der Waals surface area contributed by atoms with Gasteiger partial charge in [0.15, 0.2) is 0 Å². The predicted octanol–water partition coefficient (Wildman–Crippen LogP) is 1.55. The molecule has 2 heterocycles. The zero-order valence-corrected chi connectivity index (χ0v) is 9.08. The molecule has 1 aromatic rings. The second-order valence-corrected chi connectivity index (χ2v) is 4.25. The van der Waals surface area contributed by atoms with Crippen LogP contribution < -0.4 is 5.32 Å². The molecule has 1 unspecified atom stereocenters. The molecule has 3 heteroatoms. The van der Waals surface area contributed by atoms with Gasteiger partial charge >= 0.3 is 0 Å². The Labute approximate surface area is 85.1 Å². The first-order chi connectivity index (χ1) is 6.65. The minimum Gasteiger partial charge on any atom is -0.465 e. The van der Waals surface area contributed by atoms with Crippen molar-refractivity contribution in [3.63, 3.8) is 0 Å². The first-order valence-electron chi connectivity index (χ1n) is 5.16. The lowest BCUT2D eigenvalue weighted by Gasteiger charge is -2.38. The number of hydrogen-bond acceptors (Lipinski definition) is 3. The summed E-state index contributed by atoms with van der Waals surface area (Å²) in [6.07, 6.45) is 0. The number of hydrogen-bond donors (Lipinski definition) is 1. The van der Waals surface area contributed by atoms with Gasteiger partial charge in [-0.1, -0.05) is 0 Å². The van der Waals surface area contributed by atoms with Gasteiger partial charge < -0.3 is 14.6 Å². The van der Waals surface area contributed by atoms with Gasteiger partial charge in [0, 0.05) is 19.1 Å². The fourth-order valence-corrected chi connectivity index (χ4v) is 1.93. The largest absolute Gasteiger partial charge is 0.465 e. The summed E-state index contributed by atoms with van der Waals surface area (Å²) in [7, 11) is 2.14. The third kappa shape index (κ3) is 1.99. The first kappa shape index (κ1) is 9.74. The van der Waals surface area contributed by atoms with Crippen molar-refractivity contribution in [2.24, 2.45) is 0 Å². The molecule has 1 aromatic heterocycles. The second kappa shape index (κ2) is 3.75. The van der Waals surface area contributed by atoms with E-state index in [9.17, 15) is 0 Å². The molecule has 0 aromatic carbocycles. The van der Waals surface area contributed by atoms with Crippen molar-refractivity contribution in [1.82, 2.24) is 10.2 Å². The molecule has 3 nitrogen and oxygen atoms in total. The van der Waals surface area contributed by atoms with Crippen LogP contribution in [0.1, 0.15) is 24.5 Å². The SMILES string of the molecule is Cc1ccc(C(C)NC2CN(C)C2)o1. The highest BCUT2D eigenvalue weighted by Gasteiger charge is 2.25. The summed E-state index contributed by atoms with van der Waals surface area (Å²) >= 11 is 0. The summed E-state index contributed by atoms with van der Waals surface area (Å²) in [5.41, 5.74) is 0. The van der Waals surface area contributed by atoms with E-state index in [1.165, 1.54) is 0 Å². The molecule has 0 bridgehead atoms. The molecule has 0 aliphatic carbocycles. The van der Waals surface area contributed by atoms with E-state index < -0.39 is 0 Å². The van der Waals surface area contributed by atoms with E-state index in [-0.39, 0.29) is 0 Å². The van der Waals surface area contributed by atoms with Crippen LogP contribution in [0.4, 0.5) is 0 Å². The molecule has 0 amide bonds. The molecule has 78 valence electrons. The average Bonchev–Trinajstić information content (AvgIpc) is 2.49. The first-order valence-corrected chi connectivity index (χ1v) is 5.16. The third-order valence-electron chi connectivity index (χ3n) is 2.74. The Morgan fingerprint density at radius 1 is 1.50 bits per heavy atom. The Hall–Kier alpha value is -0.800. The number of nitrogens with one attached hydrogen (secondary N) is 1. The van der Waals surface area contributed by atoms with Crippen molar-refractivity contribution in [1.29, 1.82) is 0 Å². The molecule has 1 fully saturated rings. The van der Waals surface area contributed by atoms with Crippen LogP contribution in [0.3, 0.4) is 0 Å². The van der Waals surface area contributed by atoms with Crippen LogP contribution in [0, 0.1) is 6.92 Å². The van der Waals surface area contributed by atoms with Gasteiger partial charge in [-0.15, -0.1) is 0 Å². The number of nitrogens with zero attached hydrogens (tertiary/aromatic N) is 1. The highest BCUT2D eigenvalue weighted by Crippen LogP contribution is 2.17. The van der Waals surface area contributed by atoms with Crippen LogP contribution in [0.15, 0.2) is 16.5 Å². The summed E-state index contributed by atoms with van der Waals surface area (Å²) in [6.45, 7) is 6.41. The van der Waals surface area contributed by atoms with E-state index >= 15 is 0 Å². The van der Waals surface area contributed by atoms with Crippen molar-refractivity contribution in [2.45, 2.75) is 25.9 Å². The molecule has 0 spiro atoms. The summed E-state index contributed by atoms with van der Waals surface area (Å²) in [4.78, 5) is 2.30. The summed E-state index contributed by atoms with van der Waals surface area (Å²) in [5, 5.41) is 3.54. The molecule has 1 atom stereocenters. The number of likely N-dealkylation sites (N-methyl/N-ethyl adjacent to an activating group) is 1. The Balaban J connectivity index is 1.86. The average molecular weight is 194 g/mol. The van der Waals surface area contributed by atoms with Gasteiger partial charge in [-0.25, -0.2) is 0 Å². The summed E-state index contributed by atoms with van der Waals surface area (Å²) in [5.74, 6) is 2.02. The monoisotopic (exact) mass is 194 g/mol. The van der Waals surface area contributed by atoms with Crippen molar-refractivity contribution >= 4 is 0 Å². The molecule has 1 aliphatic heterocycles. The van der Waals surface area contributed by atoms with Crippen LogP contribution >= 0.6 is 0 Å². The third-order valence-corrected chi connectivity index (χ3v) is 2.74. The zero-order valence-electron chi connectivity index (χ0n) is 9.08. The second-order valence-electron chi connectivity index (χ2n) is 4.25. The fourth-order valence-electron chi connectivity index (χ4n) is 1.93. The van der Waals surface area contributed by atoms with Gasteiger partial charge in [0.2, 0.25) is 0 Å². The zero-order chi connectivity index (χ0) is 10.1. The molecule has 1 aliphatic rings. The van der Waals surface area contributed by atoms with Crippen LogP contribution in [0.5, 0.6) is 0 Å². The van der Waals surface area contributed by atoms with Crippen molar-refractivity contribution in [3.05, 3.63) is 23.7 Å². The fraction of sp³-hybridized carbons (Fsp3) is 0.636. The van der Waals surface area contributed by atoms with Crippen LogP contribution in [-0.4, -0.2) is 31.1 Å². The normalized spacial score (nSPS) is 20.8. The maximum atomic E-state index is 5.57. The quantitative estimate of drug-likeness (QED) is 0.791. The Kier molecular flexibility index (Phi) is 2.61. The van der Waals surface area contributed by atoms with Gasteiger partial charge in [0.05, 0.1) is 6.04 Å². The molecule has 1 N–H and O–H groups in total. The van der Waals surface area contributed by atoms with E-state index in [0.29, 0.717) is 12.1 Å². The lowest BCUT2D eigenvalue weighted by molar-refractivity contribution is 0.149. The Morgan fingerprint density at radius 2 is 2.21 bits per heavy atom. The van der Waals surface area contributed by atoms with Gasteiger partial charge in [-0.2, -0.15) is 0 Å². The van der Waals surface area contributed by atoms with E-state index in [1.807, 2.05) is 13.0 Å². The highest BCUT2D eigenvalue weighted by atomic mass is 16.3. The molecular weight excluding hydrogens is 176 g/mol. The number of likely N-dealkylation sites (tertiary alicyclic amines) is 1. The molecule has 0 saturated carbocycles. The van der Waals surface area contributed by atoms with Crippen LogP contribution in [-0.2, 0) is 0 Å². The minimum atomic E-state index is 0.322. The Bertz CT molecular complexity index is 302. The maximum Gasteiger partial charge on any atom is 0.120 e. The number of rotatable bonds is 3. The van der Waals surface area contributed by atoms with Gasteiger partial charge in [0.25, 0.3) is 0 Å². The van der Waals surface area contributed by atoms with Crippen molar-refractivity contribution in [2.75, 3.05) is 20.1 Å². The predicted molar refractivity (Wildman–Crippen MR) is 56.3 cm³/mol. The van der Waals surface area contributed by atoms with Gasteiger partial charge in [-0.05, 0) is 33.0 Å². The molecule has 14 heavy (non-hydrogen) atoms. The standard InChI is InChI=1S/C11H18N2O/c1-8-4-5-11(14-8)9(2)12-10-6-13(3)7-10/h4-5,9-10,12H,6-7H2,1-3H3. The number of aryl methyl sites for hydroxylation is 1. The van der Waals surface area contributed by atoms with Crippen LogP contribution in [0.25, 0.3) is 0 Å². The lowest BCUT2D eigenvalue weighted by Crippen LogP contribution is -2.56. The lowest BCUT2D eigenvalue weighted by atomic mass is 10.1. The van der Waals surface area contributed by atoms with E-state index in [4.69, 9.17) is 4.42 Å². The van der Waals surface area contributed by atoms with E-state index in [0.717, 1.165) is 24.6 Å². The summed E-state index contributed by atoms with van der Waals surface area (Å²) in [6, 6.07) is 5.01. The van der Waals surface area contributed by atoms with Crippen molar-refractivity contribution < 1.29 is 4.42 Å². The summed E-state index contributed by atoms with van der Waals surface area (Å²) < 4.78 is 5.57. The van der Waals surface area contributed by atoms with Crippen LogP contribution in [0.2, 0.25) is 0 Å². The van der Waals surface area contributed by atoms with Crippen molar-refractivity contribution in [3.8, 4) is 0 Å². The Morgan fingerprint density at radius 3 is 2.71 bits per heavy atom. The topological polar surface area (TPSA) is 28.4 Å². The molecule has 0 radical (unpaired) electrons. The number of furan rings is 1. The molecular formula is C11H18N2O. The van der Waals surface area contributed by atoms with E-state index in [2.05, 4.69) is 30.3 Å². The minimum absolute atomic E-state index is 0.322.